The molecule has 4 nitrogen and oxygen atoms in total. The van der Waals surface area contributed by atoms with Gasteiger partial charge in [-0.25, -0.2) is 4.79 Å². The van der Waals surface area contributed by atoms with Crippen molar-refractivity contribution in [2.45, 2.75) is 6.92 Å². The largest absolute Gasteiger partial charge is 0.462 e. The van der Waals surface area contributed by atoms with Gasteiger partial charge in [-0.05, 0) is 31.2 Å². The van der Waals surface area contributed by atoms with Crippen molar-refractivity contribution in [3.8, 4) is 0 Å². The molecule has 0 atom stereocenters. The lowest BCUT2D eigenvalue weighted by Gasteiger charge is -2.05. The maximum Gasteiger partial charge on any atom is 0.343 e. The zero-order valence-corrected chi connectivity index (χ0v) is 9.90. The highest BCUT2D eigenvalue weighted by atomic mass is 35.5. The van der Waals surface area contributed by atoms with E-state index in [4.69, 9.17) is 16.3 Å². The molecule has 2 aromatic heterocycles. The highest BCUT2D eigenvalue weighted by Gasteiger charge is 2.13. The summed E-state index contributed by atoms with van der Waals surface area (Å²) in [6, 6.07) is 6.38. The molecule has 0 aliphatic heterocycles. The van der Waals surface area contributed by atoms with Crippen molar-refractivity contribution >= 4 is 23.1 Å². The Morgan fingerprint density at radius 3 is 2.88 bits per heavy atom. The average molecular weight is 252 g/mol. The molecule has 0 aliphatic carbocycles. The van der Waals surface area contributed by atoms with E-state index in [2.05, 4.69) is 0 Å². The van der Waals surface area contributed by atoms with E-state index in [0.717, 1.165) is 0 Å². The van der Waals surface area contributed by atoms with Gasteiger partial charge in [0.2, 0.25) is 0 Å². The normalized spacial score (nSPS) is 10.5. The Labute approximate surface area is 102 Å². The smallest absolute Gasteiger partial charge is 0.343 e. The van der Waals surface area contributed by atoms with Gasteiger partial charge in [0.05, 0.1) is 17.1 Å². The fraction of sp³-hybridized carbons (Fsp3) is 0.167. The van der Waals surface area contributed by atoms with Crippen LogP contribution in [-0.2, 0) is 4.74 Å². The molecule has 2 rings (SSSR count). The van der Waals surface area contributed by atoms with E-state index < -0.39 is 11.5 Å². The molecular weight excluding hydrogens is 242 g/mol. The second-order valence-corrected chi connectivity index (χ2v) is 3.79. The molecule has 2 heterocycles. The molecule has 0 fully saturated rings. The molecule has 0 radical (unpaired) electrons. The summed E-state index contributed by atoms with van der Waals surface area (Å²) in [5.41, 5.74) is 0.141. The molecule has 0 amide bonds. The highest BCUT2D eigenvalue weighted by Crippen LogP contribution is 2.15. The summed E-state index contributed by atoms with van der Waals surface area (Å²) in [6.45, 7) is 1.92. The molecule has 0 N–H and O–H groups in total. The third-order valence-corrected chi connectivity index (χ3v) is 2.65. The number of halogens is 1. The number of carbonyl (C=O) groups excluding carboxylic acids is 1. The number of pyridine rings is 2. The van der Waals surface area contributed by atoms with Crippen molar-refractivity contribution in [1.82, 2.24) is 4.40 Å². The van der Waals surface area contributed by atoms with E-state index in [1.165, 1.54) is 10.5 Å². The second kappa shape index (κ2) is 4.59. The van der Waals surface area contributed by atoms with Gasteiger partial charge in [0.1, 0.15) is 5.56 Å². The lowest BCUT2D eigenvalue weighted by atomic mass is 10.2. The van der Waals surface area contributed by atoms with E-state index in [9.17, 15) is 9.59 Å². The number of rotatable bonds is 2. The van der Waals surface area contributed by atoms with Gasteiger partial charge in [-0.1, -0.05) is 11.6 Å². The van der Waals surface area contributed by atoms with E-state index >= 15 is 0 Å². The first-order chi connectivity index (χ1) is 8.15. The molecule has 0 saturated heterocycles. The van der Waals surface area contributed by atoms with Gasteiger partial charge in [-0.15, -0.1) is 0 Å². The van der Waals surface area contributed by atoms with Gasteiger partial charge < -0.3 is 4.74 Å². The van der Waals surface area contributed by atoms with E-state index in [0.29, 0.717) is 10.5 Å². The van der Waals surface area contributed by atoms with Crippen LogP contribution in [0.4, 0.5) is 0 Å². The van der Waals surface area contributed by atoms with Crippen LogP contribution in [0.1, 0.15) is 17.3 Å². The maximum absolute atomic E-state index is 12.0. The number of aromatic nitrogens is 1. The van der Waals surface area contributed by atoms with Crippen LogP contribution < -0.4 is 5.56 Å². The summed E-state index contributed by atoms with van der Waals surface area (Å²) in [5, 5.41) is 0.458. The van der Waals surface area contributed by atoms with Crippen LogP contribution in [0.2, 0.25) is 5.02 Å². The van der Waals surface area contributed by atoms with Gasteiger partial charge in [-0.2, -0.15) is 0 Å². The van der Waals surface area contributed by atoms with Crippen LogP contribution in [0.3, 0.4) is 0 Å². The molecular formula is C12H10ClNO3. The molecule has 88 valence electrons. The second-order valence-electron chi connectivity index (χ2n) is 3.38. The van der Waals surface area contributed by atoms with Gasteiger partial charge in [0.25, 0.3) is 5.56 Å². The Morgan fingerprint density at radius 1 is 1.41 bits per heavy atom. The van der Waals surface area contributed by atoms with Crippen molar-refractivity contribution in [3.63, 3.8) is 0 Å². The Balaban J connectivity index is 2.67. The van der Waals surface area contributed by atoms with Crippen molar-refractivity contribution in [2.24, 2.45) is 0 Å². The fourth-order valence-corrected chi connectivity index (χ4v) is 1.79. The van der Waals surface area contributed by atoms with Gasteiger partial charge in [0, 0.05) is 6.20 Å². The first-order valence-electron chi connectivity index (χ1n) is 5.12. The summed E-state index contributed by atoms with van der Waals surface area (Å²) in [6.07, 6.45) is 1.56. The third-order valence-electron chi connectivity index (χ3n) is 2.33. The molecule has 0 aliphatic rings. The lowest BCUT2D eigenvalue weighted by Crippen LogP contribution is -2.23. The van der Waals surface area contributed by atoms with Gasteiger partial charge >= 0.3 is 5.97 Å². The SMILES string of the molecule is CCOC(=O)c1ccc2c(Cl)cccn2c1=O. The van der Waals surface area contributed by atoms with E-state index in [-0.39, 0.29) is 12.2 Å². The van der Waals surface area contributed by atoms with Crippen LogP contribution >= 0.6 is 11.6 Å². The first-order valence-corrected chi connectivity index (χ1v) is 5.50. The van der Waals surface area contributed by atoms with Crippen LogP contribution in [0.15, 0.2) is 35.3 Å². The Hall–Kier alpha value is -1.81. The molecule has 0 spiro atoms. The number of fused-ring (bicyclic) bond motifs is 1. The minimum Gasteiger partial charge on any atom is -0.462 e. The van der Waals surface area contributed by atoms with Crippen LogP contribution in [0.25, 0.3) is 5.52 Å². The summed E-state index contributed by atoms with van der Waals surface area (Å²) in [4.78, 5) is 23.5. The van der Waals surface area contributed by atoms with Crippen LogP contribution in [0, 0.1) is 0 Å². The minimum atomic E-state index is -0.619. The average Bonchev–Trinajstić information content (AvgIpc) is 2.31. The first kappa shape index (κ1) is 11.7. The van der Waals surface area contributed by atoms with E-state index in [1.807, 2.05) is 0 Å². The quantitative estimate of drug-likeness (QED) is 0.769. The predicted molar refractivity (Wildman–Crippen MR) is 64.6 cm³/mol. The molecule has 0 aromatic carbocycles. The van der Waals surface area contributed by atoms with Crippen molar-refractivity contribution in [2.75, 3.05) is 6.61 Å². The lowest BCUT2D eigenvalue weighted by molar-refractivity contribution is 0.0524. The fourth-order valence-electron chi connectivity index (χ4n) is 1.56. The number of esters is 1. The molecule has 2 aromatic rings. The summed E-state index contributed by atoms with van der Waals surface area (Å²) in [7, 11) is 0. The van der Waals surface area contributed by atoms with Crippen molar-refractivity contribution < 1.29 is 9.53 Å². The Kier molecular flexibility index (Phi) is 3.15. The standard InChI is InChI=1S/C12H10ClNO3/c1-2-17-12(16)8-5-6-10-9(13)4-3-7-14(10)11(8)15/h3-7H,2H2,1H3. The zero-order chi connectivity index (χ0) is 12.4. The Bertz CT molecular complexity index is 633. The van der Waals surface area contributed by atoms with E-state index in [1.54, 1.807) is 31.3 Å². The molecule has 0 bridgehead atoms. The highest BCUT2D eigenvalue weighted by molar-refractivity contribution is 6.33. The topological polar surface area (TPSA) is 47.8 Å². The van der Waals surface area contributed by atoms with Gasteiger partial charge in [-0.3, -0.25) is 9.20 Å². The summed E-state index contributed by atoms with van der Waals surface area (Å²) < 4.78 is 6.13. The number of ether oxygens (including phenoxy) is 1. The monoisotopic (exact) mass is 251 g/mol. The number of hydrogen-bond donors (Lipinski definition) is 0. The zero-order valence-electron chi connectivity index (χ0n) is 9.14. The number of hydrogen-bond acceptors (Lipinski definition) is 3. The molecule has 17 heavy (non-hydrogen) atoms. The molecule has 5 heteroatoms. The van der Waals surface area contributed by atoms with Crippen LogP contribution in [-0.4, -0.2) is 17.0 Å². The minimum absolute atomic E-state index is 0.00613. The number of nitrogens with zero attached hydrogens (tertiary/aromatic N) is 1. The van der Waals surface area contributed by atoms with Crippen molar-refractivity contribution in [3.05, 3.63) is 51.4 Å². The van der Waals surface area contributed by atoms with Crippen molar-refractivity contribution in [1.29, 1.82) is 0 Å². The summed E-state index contributed by atoms with van der Waals surface area (Å²) >= 11 is 5.95. The third kappa shape index (κ3) is 2.03. The maximum atomic E-state index is 12.0. The number of carbonyl (C=O) groups is 1. The molecule has 0 saturated carbocycles. The summed E-state index contributed by atoms with van der Waals surface area (Å²) in [5.74, 6) is -0.619. The molecule has 0 unspecified atom stereocenters. The van der Waals surface area contributed by atoms with Gasteiger partial charge in [0.15, 0.2) is 0 Å². The Morgan fingerprint density at radius 2 is 2.18 bits per heavy atom. The van der Waals surface area contributed by atoms with Crippen LogP contribution in [0.5, 0.6) is 0 Å². The predicted octanol–water partition coefficient (Wildman–Crippen LogP) is 2.13.